The third-order valence-electron chi connectivity index (χ3n) is 4.76. The van der Waals surface area contributed by atoms with E-state index in [-0.39, 0.29) is 29.3 Å². The molecule has 1 heterocycles. The standard InChI is InChI=1S/C18H26N2O4S/c1-14(15-8-10-16(11-9-15)25(3,23)24)19(2)18(22)13-20-12-6-4-5-7-17(20)21/h8-11,14H,4-7,12-13H2,1-3H3. The van der Waals surface area contributed by atoms with E-state index in [9.17, 15) is 18.0 Å². The van der Waals surface area contributed by atoms with E-state index >= 15 is 0 Å². The molecule has 138 valence electrons. The molecule has 2 rings (SSSR count). The predicted molar refractivity (Wildman–Crippen MR) is 95.8 cm³/mol. The van der Waals surface area contributed by atoms with Gasteiger partial charge < -0.3 is 9.80 Å². The number of hydrogen-bond donors (Lipinski definition) is 0. The van der Waals surface area contributed by atoms with E-state index in [1.807, 2.05) is 6.92 Å². The lowest BCUT2D eigenvalue weighted by molar-refractivity contribution is -0.140. The van der Waals surface area contributed by atoms with E-state index < -0.39 is 9.84 Å². The van der Waals surface area contributed by atoms with Crippen molar-refractivity contribution >= 4 is 21.7 Å². The number of nitrogens with zero attached hydrogens (tertiary/aromatic N) is 2. The van der Waals surface area contributed by atoms with Gasteiger partial charge in [0.2, 0.25) is 11.8 Å². The number of likely N-dealkylation sites (tertiary alicyclic amines) is 1. The molecule has 6 nitrogen and oxygen atoms in total. The van der Waals surface area contributed by atoms with Crippen molar-refractivity contribution in [3.05, 3.63) is 29.8 Å². The minimum Gasteiger partial charge on any atom is -0.337 e. The van der Waals surface area contributed by atoms with Crippen LogP contribution in [0.2, 0.25) is 0 Å². The number of carbonyl (C=O) groups is 2. The molecule has 0 radical (unpaired) electrons. The summed E-state index contributed by atoms with van der Waals surface area (Å²) >= 11 is 0. The molecular formula is C18H26N2O4S. The number of sulfone groups is 1. The molecular weight excluding hydrogens is 340 g/mol. The molecule has 1 aromatic rings. The Morgan fingerprint density at radius 2 is 1.84 bits per heavy atom. The molecule has 0 aromatic heterocycles. The quantitative estimate of drug-likeness (QED) is 0.799. The average molecular weight is 366 g/mol. The fourth-order valence-corrected chi connectivity index (χ4v) is 3.54. The number of benzene rings is 1. The van der Waals surface area contributed by atoms with E-state index in [4.69, 9.17) is 0 Å². The monoisotopic (exact) mass is 366 g/mol. The lowest BCUT2D eigenvalue weighted by Crippen LogP contribution is -2.42. The second-order valence-corrected chi connectivity index (χ2v) is 8.66. The SMILES string of the molecule is CC(c1ccc(S(C)(=O)=O)cc1)N(C)C(=O)CN1CCCCCC1=O. The number of hydrogen-bond acceptors (Lipinski definition) is 4. The van der Waals surface area contributed by atoms with Crippen LogP contribution in [0.25, 0.3) is 0 Å². The van der Waals surface area contributed by atoms with Gasteiger partial charge in [-0.15, -0.1) is 0 Å². The van der Waals surface area contributed by atoms with E-state index in [0.29, 0.717) is 13.0 Å². The van der Waals surface area contributed by atoms with E-state index in [2.05, 4.69) is 0 Å². The van der Waals surface area contributed by atoms with Crippen molar-refractivity contribution in [3.63, 3.8) is 0 Å². The highest BCUT2D eigenvalue weighted by Crippen LogP contribution is 2.21. The lowest BCUT2D eigenvalue weighted by Gasteiger charge is -2.28. The van der Waals surface area contributed by atoms with E-state index in [1.165, 1.54) is 6.26 Å². The number of carbonyl (C=O) groups excluding carboxylic acids is 2. The van der Waals surface area contributed by atoms with E-state index in [0.717, 1.165) is 24.8 Å². The highest BCUT2D eigenvalue weighted by molar-refractivity contribution is 7.90. The van der Waals surface area contributed by atoms with Crippen LogP contribution < -0.4 is 0 Å². The topological polar surface area (TPSA) is 74.8 Å². The first-order chi connectivity index (χ1) is 11.7. The van der Waals surface area contributed by atoms with Crippen LogP contribution in [0.5, 0.6) is 0 Å². The zero-order valence-electron chi connectivity index (χ0n) is 15.1. The maximum absolute atomic E-state index is 12.5. The summed E-state index contributed by atoms with van der Waals surface area (Å²) in [5.41, 5.74) is 0.852. The molecule has 1 aliphatic rings. The van der Waals surface area contributed by atoms with Crippen molar-refractivity contribution in [1.29, 1.82) is 0 Å². The molecule has 1 atom stereocenters. The van der Waals surface area contributed by atoms with Crippen LogP contribution in [-0.2, 0) is 19.4 Å². The molecule has 1 saturated heterocycles. The van der Waals surface area contributed by atoms with Gasteiger partial charge in [0.25, 0.3) is 0 Å². The number of likely N-dealkylation sites (N-methyl/N-ethyl adjacent to an activating group) is 1. The maximum atomic E-state index is 12.5. The van der Waals surface area contributed by atoms with Crippen LogP contribution in [0, 0.1) is 0 Å². The van der Waals surface area contributed by atoms with Gasteiger partial charge in [0.05, 0.1) is 17.5 Å². The van der Waals surface area contributed by atoms with Crippen molar-refractivity contribution in [1.82, 2.24) is 9.80 Å². The molecule has 7 heteroatoms. The molecule has 1 aliphatic heterocycles. The minimum absolute atomic E-state index is 0.0457. The minimum atomic E-state index is -3.24. The third kappa shape index (κ3) is 5.04. The smallest absolute Gasteiger partial charge is 0.242 e. The number of amides is 2. The Hall–Kier alpha value is -1.89. The fourth-order valence-electron chi connectivity index (χ4n) is 2.91. The van der Waals surface area contributed by atoms with Crippen LogP contribution in [0.1, 0.15) is 44.2 Å². The zero-order valence-corrected chi connectivity index (χ0v) is 15.9. The molecule has 0 bridgehead atoms. The summed E-state index contributed by atoms with van der Waals surface area (Å²) in [4.78, 5) is 28.1. The summed E-state index contributed by atoms with van der Waals surface area (Å²) < 4.78 is 23.1. The molecule has 0 N–H and O–H groups in total. The summed E-state index contributed by atoms with van der Waals surface area (Å²) in [6.45, 7) is 2.62. The van der Waals surface area contributed by atoms with Crippen molar-refractivity contribution in [3.8, 4) is 0 Å². The van der Waals surface area contributed by atoms with Gasteiger partial charge in [-0.2, -0.15) is 0 Å². The first-order valence-electron chi connectivity index (χ1n) is 8.53. The predicted octanol–water partition coefficient (Wildman–Crippen LogP) is 2.01. The Labute approximate surface area is 149 Å². The van der Waals surface area contributed by atoms with Crippen LogP contribution in [0.4, 0.5) is 0 Å². The molecule has 1 aromatic carbocycles. The zero-order chi connectivity index (χ0) is 18.6. The highest BCUT2D eigenvalue weighted by Gasteiger charge is 2.23. The number of rotatable bonds is 5. The van der Waals surface area contributed by atoms with Crippen molar-refractivity contribution < 1.29 is 18.0 Å². The third-order valence-corrected chi connectivity index (χ3v) is 5.89. The van der Waals surface area contributed by atoms with E-state index in [1.54, 1.807) is 41.1 Å². The second kappa shape index (κ2) is 7.99. The Balaban J connectivity index is 2.04. The van der Waals surface area contributed by atoms with Gasteiger partial charge in [0.15, 0.2) is 9.84 Å². The van der Waals surface area contributed by atoms with Gasteiger partial charge in [-0.25, -0.2) is 8.42 Å². The molecule has 0 spiro atoms. The van der Waals surface area contributed by atoms with Gasteiger partial charge >= 0.3 is 0 Å². The largest absolute Gasteiger partial charge is 0.337 e. The highest BCUT2D eigenvalue weighted by atomic mass is 32.2. The summed E-state index contributed by atoms with van der Waals surface area (Å²) in [5, 5.41) is 0. The average Bonchev–Trinajstić information content (AvgIpc) is 2.77. The Morgan fingerprint density at radius 1 is 1.20 bits per heavy atom. The van der Waals surface area contributed by atoms with Crippen LogP contribution in [0.3, 0.4) is 0 Å². The van der Waals surface area contributed by atoms with Crippen LogP contribution in [-0.4, -0.2) is 56.4 Å². The first kappa shape index (κ1) is 19.4. The van der Waals surface area contributed by atoms with Gasteiger partial charge in [-0.3, -0.25) is 9.59 Å². The lowest BCUT2D eigenvalue weighted by atomic mass is 10.1. The Kier molecular flexibility index (Phi) is 6.21. The summed E-state index contributed by atoms with van der Waals surface area (Å²) in [6, 6.07) is 6.35. The summed E-state index contributed by atoms with van der Waals surface area (Å²) in [5.74, 6) is -0.0700. The Morgan fingerprint density at radius 3 is 2.44 bits per heavy atom. The van der Waals surface area contributed by atoms with Crippen molar-refractivity contribution in [2.75, 3.05) is 26.4 Å². The molecule has 1 unspecified atom stereocenters. The summed E-state index contributed by atoms with van der Waals surface area (Å²) in [7, 11) is -1.53. The Bertz CT molecular complexity index is 728. The second-order valence-electron chi connectivity index (χ2n) is 6.65. The van der Waals surface area contributed by atoms with Crippen LogP contribution >= 0.6 is 0 Å². The van der Waals surface area contributed by atoms with Crippen molar-refractivity contribution in [2.24, 2.45) is 0 Å². The summed E-state index contributed by atoms with van der Waals surface area (Å²) in [6.07, 6.45) is 4.53. The van der Waals surface area contributed by atoms with Gasteiger partial charge in [-0.1, -0.05) is 18.6 Å². The molecule has 0 saturated carbocycles. The fraction of sp³-hybridized carbons (Fsp3) is 0.556. The van der Waals surface area contributed by atoms with Gasteiger partial charge in [-0.05, 0) is 37.5 Å². The van der Waals surface area contributed by atoms with Gasteiger partial charge in [0.1, 0.15) is 0 Å². The molecule has 0 aliphatic carbocycles. The first-order valence-corrected chi connectivity index (χ1v) is 10.4. The van der Waals surface area contributed by atoms with Gasteiger partial charge in [0, 0.05) is 26.3 Å². The molecule has 2 amide bonds. The normalized spacial score (nSPS) is 17.1. The maximum Gasteiger partial charge on any atom is 0.242 e. The van der Waals surface area contributed by atoms with Crippen molar-refractivity contribution in [2.45, 2.75) is 43.5 Å². The molecule has 25 heavy (non-hydrogen) atoms. The van der Waals surface area contributed by atoms with Crippen LogP contribution in [0.15, 0.2) is 29.2 Å². The molecule has 1 fully saturated rings.